The normalized spacial score (nSPS) is 17.7. The third-order valence-corrected chi connectivity index (χ3v) is 5.40. The minimum Gasteiger partial charge on any atom is -0.494 e. The van der Waals surface area contributed by atoms with Crippen LogP contribution in [0.1, 0.15) is 38.3 Å². The summed E-state index contributed by atoms with van der Waals surface area (Å²) in [5, 5.41) is 4.65. The minimum atomic E-state index is -0.568. The Labute approximate surface area is 175 Å². The molecule has 8 heteroatoms. The molecule has 2 aromatic heterocycles. The van der Waals surface area contributed by atoms with Crippen molar-refractivity contribution in [1.82, 2.24) is 24.6 Å². The van der Waals surface area contributed by atoms with Gasteiger partial charge in [0.05, 0.1) is 12.3 Å². The Balaban J connectivity index is 1.44. The monoisotopic (exact) mass is 409 g/mol. The van der Waals surface area contributed by atoms with Crippen LogP contribution in [0.15, 0.2) is 36.7 Å². The van der Waals surface area contributed by atoms with Crippen molar-refractivity contribution in [3.63, 3.8) is 0 Å². The number of aryl methyl sites for hydroxylation is 1. The zero-order valence-corrected chi connectivity index (χ0v) is 17.6. The molecule has 0 N–H and O–H groups in total. The zero-order valence-electron chi connectivity index (χ0n) is 17.6. The summed E-state index contributed by atoms with van der Waals surface area (Å²) in [7, 11) is 1.87. The molecule has 0 radical (unpaired) electrons. The van der Waals surface area contributed by atoms with Crippen molar-refractivity contribution >= 4 is 17.1 Å². The molecule has 0 spiro atoms. The fourth-order valence-electron chi connectivity index (χ4n) is 3.97. The molecule has 4 rings (SSSR count). The molecule has 1 aliphatic rings. The predicted molar refractivity (Wildman–Crippen MR) is 113 cm³/mol. The Morgan fingerprint density at radius 3 is 2.70 bits per heavy atom. The van der Waals surface area contributed by atoms with Gasteiger partial charge in [0.2, 0.25) is 0 Å². The van der Waals surface area contributed by atoms with Gasteiger partial charge in [-0.05, 0) is 51.0 Å². The number of likely N-dealkylation sites (tertiary alicyclic amines) is 1. The van der Waals surface area contributed by atoms with Gasteiger partial charge in [-0.1, -0.05) is 0 Å². The van der Waals surface area contributed by atoms with Gasteiger partial charge in [-0.15, -0.1) is 0 Å². The maximum absolute atomic E-state index is 13.0. The molecule has 158 valence electrons. The number of amides is 1. The highest BCUT2D eigenvalue weighted by Crippen LogP contribution is 2.30. The standard InChI is InChI=1S/C22H27N5O3/c1-4-29-17-7-9-18(10-8-17)30-15(2)22(28)27-13-5-6-16(14-27)19-20-21(26(3)25-19)24-12-11-23-20/h7-12,15-16H,4-6,13-14H2,1-3H3/t15-,16-/m0/s1. The lowest BCUT2D eigenvalue weighted by atomic mass is 9.94. The minimum absolute atomic E-state index is 0.0140. The van der Waals surface area contributed by atoms with E-state index < -0.39 is 6.10 Å². The second-order valence-electron chi connectivity index (χ2n) is 7.53. The molecular weight excluding hydrogens is 382 g/mol. The fourth-order valence-corrected chi connectivity index (χ4v) is 3.97. The fraction of sp³-hybridized carbons (Fsp3) is 0.455. The van der Waals surface area contributed by atoms with Crippen LogP contribution in [-0.4, -0.2) is 56.4 Å². The molecule has 30 heavy (non-hydrogen) atoms. The predicted octanol–water partition coefficient (Wildman–Crippen LogP) is 2.94. The third kappa shape index (κ3) is 4.08. The molecule has 1 fully saturated rings. The highest BCUT2D eigenvalue weighted by molar-refractivity contribution is 5.81. The Hall–Kier alpha value is -3.16. The van der Waals surface area contributed by atoms with Crippen LogP contribution < -0.4 is 9.47 Å². The van der Waals surface area contributed by atoms with E-state index >= 15 is 0 Å². The van der Waals surface area contributed by atoms with Crippen LogP contribution in [0.4, 0.5) is 0 Å². The number of hydrogen-bond acceptors (Lipinski definition) is 6. The average molecular weight is 409 g/mol. The number of nitrogens with zero attached hydrogens (tertiary/aromatic N) is 5. The van der Waals surface area contributed by atoms with Gasteiger partial charge in [-0.2, -0.15) is 5.10 Å². The van der Waals surface area contributed by atoms with E-state index in [1.807, 2.05) is 43.1 Å². The van der Waals surface area contributed by atoms with Gasteiger partial charge in [0.15, 0.2) is 11.8 Å². The Morgan fingerprint density at radius 2 is 1.93 bits per heavy atom. The maximum atomic E-state index is 13.0. The maximum Gasteiger partial charge on any atom is 0.263 e. The van der Waals surface area contributed by atoms with Crippen molar-refractivity contribution in [2.75, 3.05) is 19.7 Å². The molecule has 0 aliphatic carbocycles. The number of aromatic nitrogens is 4. The lowest BCUT2D eigenvalue weighted by Crippen LogP contribution is -2.45. The van der Waals surface area contributed by atoms with E-state index in [-0.39, 0.29) is 11.8 Å². The number of carbonyl (C=O) groups is 1. The first-order chi connectivity index (χ1) is 14.6. The molecule has 1 amide bonds. The number of fused-ring (bicyclic) bond motifs is 1. The number of hydrogen-bond donors (Lipinski definition) is 0. The third-order valence-electron chi connectivity index (χ3n) is 5.40. The molecule has 0 bridgehead atoms. The molecule has 1 aromatic carbocycles. The summed E-state index contributed by atoms with van der Waals surface area (Å²) in [6.45, 7) is 5.69. The van der Waals surface area contributed by atoms with Crippen LogP contribution in [0.25, 0.3) is 11.2 Å². The van der Waals surface area contributed by atoms with Gasteiger partial charge >= 0.3 is 0 Å². The first-order valence-corrected chi connectivity index (χ1v) is 10.4. The summed E-state index contributed by atoms with van der Waals surface area (Å²) in [4.78, 5) is 23.8. The molecule has 3 heterocycles. The summed E-state index contributed by atoms with van der Waals surface area (Å²) in [6, 6.07) is 7.35. The summed E-state index contributed by atoms with van der Waals surface area (Å²) in [5.74, 6) is 1.56. The number of carbonyl (C=O) groups excluding carboxylic acids is 1. The highest BCUT2D eigenvalue weighted by atomic mass is 16.5. The number of piperidine rings is 1. The van der Waals surface area contributed by atoms with Crippen molar-refractivity contribution < 1.29 is 14.3 Å². The molecular formula is C22H27N5O3. The summed E-state index contributed by atoms with van der Waals surface area (Å²) in [5.41, 5.74) is 2.50. The van der Waals surface area contributed by atoms with Crippen LogP contribution in [0.5, 0.6) is 11.5 Å². The molecule has 1 aliphatic heterocycles. The van der Waals surface area contributed by atoms with Gasteiger partial charge in [0, 0.05) is 38.4 Å². The highest BCUT2D eigenvalue weighted by Gasteiger charge is 2.31. The van der Waals surface area contributed by atoms with Gasteiger partial charge in [-0.25, -0.2) is 14.6 Å². The Bertz CT molecular complexity index is 1020. The quantitative estimate of drug-likeness (QED) is 0.623. The molecule has 3 aromatic rings. The van der Waals surface area contributed by atoms with Crippen molar-refractivity contribution in [3.05, 3.63) is 42.4 Å². The molecule has 8 nitrogen and oxygen atoms in total. The van der Waals surface area contributed by atoms with E-state index in [9.17, 15) is 4.79 Å². The average Bonchev–Trinajstić information content (AvgIpc) is 3.12. The molecule has 1 saturated heterocycles. The van der Waals surface area contributed by atoms with Crippen molar-refractivity contribution in [3.8, 4) is 11.5 Å². The first-order valence-electron chi connectivity index (χ1n) is 10.4. The van der Waals surface area contributed by atoms with Crippen LogP contribution in [0.2, 0.25) is 0 Å². The van der Waals surface area contributed by atoms with Crippen LogP contribution in [-0.2, 0) is 11.8 Å². The zero-order chi connectivity index (χ0) is 21.1. The molecule has 0 unspecified atom stereocenters. The van der Waals surface area contributed by atoms with Gasteiger partial charge < -0.3 is 14.4 Å². The lowest BCUT2D eigenvalue weighted by molar-refractivity contribution is -0.139. The topological polar surface area (TPSA) is 82.4 Å². The van der Waals surface area contributed by atoms with Gasteiger partial charge in [-0.3, -0.25) is 4.79 Å². The number of rotatable bonds is 6. The second kappa shape index (κ2) is 8.69. The van der Waals surface area contributed by atoms with Crippen molar-refractivity contribution in [1.29, 1.82) is 0 Å². The molecule has 0 saturated carbocycles. The lowest BCUT2D eigenvalue weighted by Gasteiger charge is -2.33. The van der Waals surface area contributed by atoms with Gasteiger partial charge in [0.1, 0.15) is 17.0 Å². The number of ether oxygens (including phenoxy) is 2. The summed E-state index contributed by atoms with van der Waals surface area (Å²) < 4.78 is 13.1. The van der Waals surface area contributed by atoms with E-state index in [0.717, 1.165) is 42.0 Å². The van der Waals surface area contributed by atoms with Gasteiger partial charge in [0.25, 0.3) is 5.91 Å². The van der Waals surface area contributed by atoms with Crippen molar-refractivity contribution in [2.24, 2.45) is 7.05 Å². The summed E-state index contributed by atoms with van der Waals surface area (Å²) >= 11 is 0. The van der Waals surface area contributed by atoms with Crippen LogP contribution in [0.3, 0.4) is 0 Å². The Kier molecular flexibility index (Phi) is 5.83. The Morgan fingerprint density at radius 1 is 1.20 bits per heavy atom. The van der Waals surface area contributed by atoms with Crippen LogP contribution in [0, 0.1) is 0 Å². The van der Waals surface area contributed by atoms with E-state index in [4.69, 9.17) is 9.47 Å². The molecule has 2 atom stereocenters. The van der Waals surface area contributed by atoms with E-state index in [1.165, 1.54) is 0 Å². The second-order valence-corrected chi connectivity index (χ2v) is 7.53. The first kappa shape index (κ1) is 20.1. The van der Waals surface area contributed by atoms with E-state index in [1.54, 1.807) is 24.0 Å². The largest absolute Gasteiger partial charge is 0.494 e. The SMILES string of the molecule is CCOc1ccc(O[C@@H](C)C(=O)N2CCC[C@H](c3nn(C)c4nccnc34)C2)cc1. The van der Waals surface area contributed by atoms with E-state index in [2.05, 4.69) is 15.1 Å². The summed E-state index contributed by atoms with van der Waals surface area (Å²) in [6.07, 6.45) is 4.68. The number of benzene rings is 1. The van der Waals surface area contributed by atoms with Crippen LogP contribution >= 0.6 is 0 Å². The van der Waals surface area contributed by atoms with Crippen molar-refractivity contribution in [2.45, 2.75) is 38.7 Å². The smallest absolute Gasteiger partial charge is 0.263 e. The van der Waals surface area contributed by atoms with E-state index in [0.29, 0.717) is 18.9 Å².